The smallest absolute Gasteiger partial charge is 0.339 e. The average Bonchev–Trinajstić information content (AvgIpc) is 2.46. The van der Waals surface area contributed by atoms with Gasteiger partial charge in [-0.2, -0.15) is 4.31 Å². The molecule has 1 aromatic carbocycles. The summed E-state index contributed by atoms with van der Waals surface area (Å²) in [5, 5.41) is 0. The van der Waals surface area contributed by atoms with E-state index in [0.29, 0.717) is 12.8 Å². The van der Waals surface area contributed by atoms with Crippen LogP contribution in [0.5, 0.6) is 0 Å². The molecule has 2 N–H and O–H groups in total. The largest absolute Gasteiger partial charge is 0.465 e. The topological polar surface area (TPSA) is 89.7 Å². The second-order valence-corrected chi connectivity index (χ2v) is 6.78. The molecule has 0 radical (unpaired) electrons. The highest BCUT2D eigenvalue weighted by molar-refractivity contribution is 7.89. The molecule has 124 valence electrons. The highest BCUT2D eigenvalue weighted by Crippen LogP contribution is 2.24. The molecule has 0 spiro atoms. The number of methoxy groups -OCH3 is 1. The second kappa shape index (κ2) is 7.36. The Morgan fingerprint density at radius 2 is 1.95 bits per heavy atom. The highest BCUT2D eigenvalue weighted by atomic mass is 35.5. The van der Waals surface area contributed by atoms with Crippen molar-refractivity contribution in [3.63, 3.8) is 0 Å². The molecule has 0 saturated carbocycles. The van der Waals surface area contributed by atoms with E-state index in [0.717, 1.165) is 25.3 Å². The maximum Gasteiger partial charge on any atom is 0.339 e. The Labute approximate surface area is 134 Å². The first-order chi connectivity index (χ1) is 9.86. The number of hydrogen-bond donors (Lipinski definition) is 1. The first-order valence-electron chi connectivity index (χ1n) is 6.50. The van der Waals surface area contributed by atoms with Crippen LogP contribution in [0.2, 0.25) is 0 Å². The summed E-state index contributed by atoms with van der Waals surface area (Å²) in [6, 6.07) is 2.94. The minimum absolute atomic E-state index is 0. The molecule has 0 amide bonds. The molecule has 9 heteroatoms. The molecule has 1 saturated heterocycles. The Bertz CT molecular complexity index is 645. The summed E-state index contributed by atoms with van der Waals surface area (Å²) in [4.78, 5) is 11.4. The molecule has 22 heavy (non-hydrogen) atoms. The molecule has 1 aromatic rings. The predicted molar refractivity (Wildman–Crippen MR) is 81.0 cm³/mol. The molecule has 1 heterocycles. The summed E-state index contributed by atoms with van der Waals surface area (Å²) in [5.41, 5.74) is 5.45. The van der Waals surface area contributed by atoms with E-state index in [2.05, 4.69) is 4.74 Å². The average molecular weight is 353 g/mol. The van der Waals surface area contributed by atoms with Crippen LogP contribution in [0.15, 0.2) is 23.1 Å². The van der Waals surface area contributed by atoms with Crippen molar-refractivity contribution in [2.45, 2.75) is 23.8 Å². The van der Waals surface area contributed by atoms with E-state index in [1.807, 2.05) is 0 Å². The van der Waals surface area contributed by atoms with Crippen molar-refractivity contribution in [1.82, 2.24) is 4.31 Å². The molecule has 0 unspecified atom stereocenters. The lowest BCUT2D eigenvalue weighted by atomic mass is 10.1. The van der Waals surface area contributed by atoms with Gasteiger partial charge in [0, 0.05) is 19.1 Å². The van der Waals surface area contributed by atoms with E-state index < -0.39 is 21.8 Å². The highest BCUT2D eigenvalue weighted by Gasteiger charge is 2.32. The van der Waals surface area contributed by atoms with E-state index in [1.54, 1.807) is 0 Å². The van der Waals surface area contributed by atoms with E-state index in [1.165, 1.54) is 4.31 Å². The minimum atomic E-state index is -3.88. The van der Waals surface area contributed by atoms with Gasteiger partial charge in [-0.25, -0.2) is 17.6 Å². The predicted octanol–water partition coefficient (Wildman–Crippen LogP) is 1.15. The number of rotatable bonds is 3. The van der Waals surface area contributed by atoms with Crippen molar-refractivity contribution >= 4 is 28.4 Å². The SMILES string of the molecule is COC(=O)c1cc(F)ccc1S(=O)(=O)N1CCC(N)CC1.Cl. The number of benzene rings is 1. The van der Waals surface area contributed by atoms with Crippen LogP contribution in [-0.2, 0) is 14.8 Å². The summed E-state index contributed by atoms with van der Waals surface area (Å²) in [6.07, 6.45) is 1.10. The zero-order valence-electron chi connectivity index (χ0n) is 12.0. The normalized spacial score (nSPS) is 16.9. The summed E-state index contributed by atoms with van der Waals surface area (Å²) in [6.45, 7) is 0.559. The Balaban J connectivity index is 0.00000242. The molecule has 6 nitrogen and oxygen atoms in total. The fraction of sp³-hybridized carbons (Fsp3) is 0.462. The minimum Gasteiger partial charge on any atom is -0.465 e. The van der Waals surface area contributed by atoms with Gasteiger partial charge >= 0.3 is 5.97 Å². The van der Waals surface area contributed by atoms with E-state index in [-0.39, 0.29) is 42.0 Å². The molecule has 0 atom stereocenters. The van der Waals surface area contributed by atoms with E-state index >= 15 is 0 Å². The monoisotopic (exact) mass is 352 g/mol. The van der Waals surface area contributed by atoms with Gasteiger partial charge in [0.05, 0.1) is 17.6 Å². The van der Waals surface area contributed by atoms with Gasteiger partial charge in [-0.15, -0.1) is 12.4 Å². The number of hydrogen-bond acceptors (Lipinski definition) is 5. The van der Waals surface area contributed by atoms with Gasteiger partial charge in [-0.05, 0) is 31.0 Å². The van der Waals surface area contributed by atoms with Gasteiger partial charge in [0.25, 0.3) is 0 Å². The summed E-state index contributed by atoms with van der Waals surface area (Å²) >= 11 is 0. The maximum absolute atomic E-state index is 13.3. The third-order valence-corrected chi connectivity index (χ3v) is 5.42. The number of carbonyl (C=O) groups excluding carboxylic acids is 1. The third kappa shape index (κ3) is 3.75. The molecule has 0 bridgehead atoms. The third-order valence-electron chi connectivity index (χ3n) is 3.46. The quantitative estimate of drug-likeness (QED) is 0.824. The van der Waals surface area contributed by atoms with Gasteiger partial charge in [0.2, 0.25) is 10.0 Å². The van der Waals surface area contributed by atoms with Crippen LogP contribution in [0.1, 0.15) is 23.2 Å². The standard InChI is InChI=1S/C13H17FN2O4S.ClH/c1-20-13(17)11-8-9(14)2-3-12(11)21(18,19)16-6-4-10(15)5-7-16;/h2-3,8,10H,4-7,15H2,1H3;1H. The molecular weight excluding hydrogens is 335 g/mol. The molecule has 1 aliphatic rings. The number of ether oxygens (including phenoxy) is 1. The zero-order chi connectivity index (χ0) is 15.6. The maximum atomic E-state index is 13.3. The molecule has 1 aliphatic heterocycles. The van der Waals surface area contributed by atoms with Crippen LogP contribution in [0.4, 0.5) is 4.39 Å². The van der Waals surface area contributed by atoms with Crippen LogP contribution in [0.25, 0.3) is 0 Å². The van der Waals surface area contributed by atoms with Crippen molar-refractivity contribution in [1.29, 1.82) is 0 Å². The van der Waals surface area contributed by atoms with Gasteiger partial charge in [0.1, 0.15) is 5.82 Å². The van der Waals surface area contributed by atoms with Crippen molar-refractivity contribution < 1.29 is 22.3 Å². The molecule has 0 aromatic heterocycles. The summed E-state index contributed by atoms with van der Waals surface area (Å²) < 4.78 is 44.3. The van der Waals surface area contributed by atoms with Crippen molar-refractivity contribution in [2.24, 2.45) is 5.73 Å². The lowest BCUT2D eigenvalue weighted by molar-refractivity contribution is 0.0595. The van der Waals surface area contributed by atoms with Crippen LogP contribution in [0.3, 0.4) is 0 Å². The van der Waals surface area contributed by atoms with Crippen LogP contribution >= 0.6 is 12.4 Å². The van der Waals surface area contributed by atoms with E-state index in [4.69, 9.17) is 5.73 Å². The lowest BCUT2D eigenvalue weighted by Gasteiger charge is -2.29. The molecule has 1 fully saturated rings. The first kappa shape index (κ1) is 18.8. The Kier molecular flexibility index (Phi) is 6.30. The fourth-order valence-corrected chi connectivity index (χ4v) is 3.88. The number of piperidine rings is 1. The number of sulfonamides is 1. The van der Waals surface area contributed by atoms with E-state index in [9.17, 15) is 17.6 Å². The van der Waals surface area contributed by atoms with Crippen molar-refractivity contribution in [3.05, 3.63) is 29.6 Å². The lowest BCUT2D eigenvalue weighted by Crippen LogP contribution is -2.43. The second-order valence-electron chi connectivity index (χ2n) is 4.87. The Morgan fingerprint density at radius 3 is 2.50 bits per heavy atom. The van der Waals surface area contributed by atoms with Crippen molar-refractivity contribution in [2.75, 3.05) is 20.2 Å². The number of nitrogens with zero attached hydrogens (tertiary/aromatic N) is 1. The van der Waals surface area contributed by atoms with Crippen LogP contribution in [0, 0.1) is 5.82 Å². The van der Waals surface area contributed by atoms with Gasteiger partial charge < -0.3 is 10.5 Å². The molecular formula is C13H18ClFN2O4S. The molecule has 2 rings (SSSR count). The fourth-order valence-electron chi connectivity index (χ4n) is 2.25. The van der Waals surface area contributed by atoms with Gasteiger partial charge in [-0.1, -0.05) is 0 Å². The first-order valence-corrected chi connectivity index (χ1v) is 7.94. The molecule has 0 aliphatic carbocycles. The van der Waals surface area contributed by atoms with Crippen LogP contribution < -0.4 is 5.73 Å². The Morgan fingerprint density at radius 1 is 1.36 bits per heavy atom. The number of halogens is 2. The van der Waals surface area contributed by atoms with Crippen molar-refractivity contribution in [3.8, 4) is 0 Å². The zero-order valence-corrected chi connectivity index (χ0v) is 13.6. The van der Waals surface area contributed by atoms with Gasteiger partial charge in [0.15, 0.2) is 0 Å². The summed E-state index contributed by atoms with van der Waals surface area (Å²) in [7, 11) is -2.76. The number of esters is 1. The van der Waals surface area contributed by atoms with Crippen LogP contribution in [-0.4, -0.2) is 44.9 Å². The number of nitrogens with two attached hydrogens (primary N) is 1. The summed E-state index contributed by atoms with van der Waals surface area (Å²) in [5.74, 6) is -1.59. The van der Waals surface area contributed by atoms with Gasteiger partial charge in [-0.3, -0.25) is 0 Å². The number of carbonyl (C=O) groups is 1. The Hall–Kier alpha value is -1.22.